The molecule has 1 N–H and O–H groups in total. The molecule has 0 saturated heterocycles. The highest BCUT2D eigenvalue weighted by Crippen LogP contribution is 2.28. The van der Waals surface area contributed by atoms with Gasteiger partial charge in [-0.05, 0) is 18.2 Å². The van der Waals surface area contributed by atoms with Gasteiger partial charge in [0.2, 0.25) is 0 Å². The second-order valence-corrected chi connectivity index (χ2v) is 3.48. The Morgan fingerprint density at radius 3 is 2.87 bits per heavy atom. The van der Waals surface area contributed by atoms with Crippen molar-refractivity contribution >= 4 is 29.4 Å². The van der Waals surface area contributed by atoms with E-state index in [0.717, 1.165) is 0 Å². The third kappa shape index (κ3) is 1.85. The van der Waals surface area contributed by atoms with E-state index in [4.69, 9.17) is 0 Å². The molecule has 0 aliphatic carbocycles. The van der Waals surface area contributed by atoms with Crippen molar-refractivity contribution in [3.63, 3.8) is 0 Å². The largest absolute Gasteiger partial charge is 0.691 e. The third-order valence-electron chi connectivity index (χ3n) is 1.85. The van der Waals surface area contributed by atoms with Gasteiger partial charge in [-0.2, -0.15) is 4.33 Å². The molecule has 7 heteroatoms. The van der Waals surface area contributed by atoms with Crippen LogP contribution in [0.15, 0.2) is 23.1 Å². The number of benzene rings is 1. The number of fused-ring (bicyclic) bond motifs is 1. The average Bonchev–Trinajstić information content (AvgIpc) is 2.52. The van der Waals surface area contributed by atoms with Crippen LogP contribution in [0.25, 0.3) is 0 Å². The molecule has 1 aromatic rings. The molecule has 1 aromatic carbocycles. The van der Waals surface area contributed by atoms with E-state index in [-0.39, 0.29) is 5.56 Å². The molecular formula is C8H4NO5S-. The second-order valence-electron chi connectivity index (χ2n) is 2.71. The van der Waals surface area contributed by atoms with Gasteiger partial charge in [0.15, 0.2) is 0 Å². The predicted octanol–water partition coefficient (Wildman–Crippen LogP) is 0.0520. The van der Waals surface area contributed by atoms with Gasteiger partial charge in [-0.15, -0.1) is 0 Å². The zero-order valence-electron chi connectivity index (χ0n) is 7.18. The highest BCUT2D eigenvalue weighted by atomic mass is 32.2. The van der Waals surface area contributed by atoms with Crippen LogP contribution in [0.3, 0.4) is 0 Å². The molecule has 1 heterocycles. The van der Waals surface area contributed by atoms with Crippen molar-refractivity contribution in [2.24, 2.45) is 0 Å². The van der Waals surface area contributed by atoms with Crippen LogP contribution in [0, 0.1) is 0 Å². The van der Waals surface area contributed by atoms with E-state index < -0.39 is 11.7 Å². The fourth-order valence-electron chi connectivity index (χ4n) is 1.23. The van der Waals surface area contributed by atoms with Crippen molar-refractivity contribution in [2.75, 3.05) is 5.32 Å². The smallest absolute Gasteiger partial charge is 0.296 e. The molecule has 15 heavy (non-hydrogen) atoms. The van der Waals surface area contributed by atoms with Crippen LogP contribution in [-0.4, -0.2) is 11.7 Å². The summed E-state index contributed by atoms with van der Waals surface area (Å²) in [6.07, 6.45) is 0. The summed E-state index contributed by atoms with van der Waals surface area (Å²) >= 11 is 0.664. The number of Topliss-reactive ketones (excluding diaryl/α,β-unsaturated/α-hetero) is 1. The number of carbonyl (C=O) groups excluding carboxylic acids is 2. The van der Waals surface area contributed by atoms with Gasteiger partial charge >= 0.3 is 0 Å². The first-order chi connectivity index (χ1) is 7.22. The number of amides is 1. The zero-order valence-corrected chi connectivity index (χ0v) is 8.00. The first-order valence-corrected chi connectivity index (χ1v) is 4.59. The third-order valence-corrected chi connectivity index (χ3v) is 2.42. The molecule has 1 aliphatic heterocycles. The van der Waals surface area contributed by atoms with Crippen LogP contribution in [0.5, 0.6) is 0 Å². The Balaban J connectivity index is 2.27. The maximum atomic E-state index is 11.3. The molecule has 0 aromatic heterocycles. The van der Waals surface area contributed by atoms with Crippen molar-refractivity contribution < 1.29 is 24.2 Å². The van der Waals surface area contributed by atoms with Gasteiger partial charge in [0.05, 0.1) is 23.3 Å². The summed E-state index contributed by atoms with van der Waals surface area (Å²) in [6, 6.07) is 4.58. The molecule has 78 valence electrons. The Morgan fingerprint density at radius 2 is 2.13 bits per heavy atom. The lowest BCUT2D eigenvalue weighted by Gasteiger charge is -2.04. The molecule has 6 nitrogen and oxygen atoms in total. The highest BCUT2D eigenvalue weighted by molar-refractivity contribution is 7.94. The highest BCUT2D eigenvalue weighted by Gasteiger charge is 2.27. The van der Waals surface area contributed by atoms with E-state index in [2.05, 4.69) is 14.7 Å². The Kier molecular flexibility index (Phi) is 2.69. The lowest BCUT2D eigenvalue weighted by Crippen LogP contribution is -2.12. The fraction of sp³-hybridized carbons (Fsp3) is 0. The van der Waals surface area contributed by atoms with Crippen LogP contribution in [0.2, 0.25) is 0 Å². The van der Waals surface area contributed by atoms with Crippen molar-refractivity contribution in [3.8, 4) is 0 Å². The number of ketones is 1. The molecule has 0 spiro atoms. The van der Waals surface area contributed by atoms with Crippen molar-refractivity contribution in [1.82, 2.24) is 0 Å². The monoisotopic (exact) mass is 226 g/mol. The summed E-state index contributed by atoms with van der Waals surface area (Å²) in [7, 11) is 0. The maximum absolute atomic E-state index is 11.3. The van der Waals surface area contributed by atoms with Crippen molar-refractivity contribution in [1.29, 1.82) is 0 Å². The summed E-state index contributed by atoms with van der Waals surface area (Å²) in [6.45, 7) is 0. The predicted molar refractivity (Wildman–Crippen MR) is 47.4 cm³/mol. The van der Waals surface area contributed by atoms with Gasteiger partial charge < -0.3 is 10.6 Å². The lowest BCUT2D eigenvalue weighted by atomic mass is 10.1. The van der Waals surface area contributed by atoms with Crippen LogP contribution in [0.4, 0.5) is 5.69 Å². The number of nitrogens with one attached hydrogen (secondary N) is 1. The van der Waals surface area contributed by atoms with Gasteiger partial charge in [0.25, 0.3) is 11.7 Å². The summed E-state index contributed by atoms with van der Waals surface area (Å²) in [4.78, 5) is 22.7. The summed E-state index contributed by atoms with van der Waals surface area (Å²) in [5, 5.41) is 15.1. The first-order valence-electron chi connectivity index (χ1n) is 3.85. The number of hydrogen-bond donors (Lipinski definition) is 1. The van der Waals surface area contributed by atoms with E-state index in [1.165, 1.54) is 6.07 Å². The normalized spacial score (nSPS) is 13.9. The topological polar surface area (TPSA) is 87.7 Å². The summed E-state index contributed by atoms with van der Waals surface area (Å²) in [5.41, 5.74) is 0.719. The van der Waals surface area contributed by atoms with E-state index >= 15 is 0 Å². The van der Waals surface area contributed by atoms with Crippen LogP contribution in [0.1, 0.15) is 10.4 Å². The molecule has 1 amide bonds. The standard InChI is InChI=1S/C8H5NO5S/c10-7-5-3-4(15-14-13-12)1-2-6(5)9-8(7)11/h1-3,12H,(H,9,10,11)/p-1. The molecule has 0 bridgehead atoms. The van der Waals surface area contributed by atoms with Gasteiger partial charge in [-0.1, -0.05) is 0 Å². The fourth-order valence-corrected chi connectivity index (χ4v) is 1.62. The molecule has 0 fully saturated rings. The maximum Gasteiger partial charge on any atom is 0.296 e. The number of carbonyl (C=O) groups is 2. The molecular weight excluding hydrogens is 222 g/mol. The zero-order chi connectivity index (χ0) is 10.8. The minimum absolute atomic E-state index is 0.263. The van der Waals surface area contributed by atoms with E-state index in [1.807, 2.05) is 0 Å². The molecule has 0 saturated carbocycles. The molecule has 0 unspecified atom stereocenters. The van der Waals surface area contributed by atoms with Crippen molar-refractivity contribution in [2.45, 2.75) is 4.90 Å². The Morgan fingerprint density at radius 1 is 1.33 bits per heavy atom. The average molecular weight is 226 g/mol. The lowest BCUT2D eigenvalue weighted by molar-refractivity contribution is -0.777. The Labute approximate surface area is 88.2 Å². The van der Waals surface area contributed by atoms with Gasteiger partial charge in [0, 0.05) is 4.90 Å². The summed E-state index contributed by atoms with van der Waals surface area (Å²) in [5.74, 6) is -1.26. The molecule has 2 rings (SSSR count). The molecule has 0 radical (unpaired) electrons. The minimum Gasteiger partial charge on any atom is -0.691 e. The van der Waals surface area contributed by atoms with Gasteiger partial charge in [-0.25, -0.2) is 0 Å². The van der Waals surface area contributed by atoms with E-state index in [9.17, 15) is 14.8 Å². The van der Waals surface area contributed by atoms with Crippen LogP contribution < -0.4 is 10.6 Å². The number of rotatable bonds is 3. The van der Waals surface area contributed by atoms with Crippen molar-refractivity contribution in [3.05, 3.63) is 23.8 Å². The molecule has 0 atom stereocenters. The Bertz CT molecular complexity index is 433. The SMILES string of the molecule is O=C1Nc2ccc(SOO[O-])cc2C1=O. The number of hydrogen-bond acceptors (Lipinski definition) is 6. The van der Waals surface area contributed by atoms with E-state index in [1.54, 1.807) is 12.1 Å². The first kappa shape index (κ1) is 10.1. The summed E-state index contributed by atoms with van der Waals surface area (Å²) < 4.78 is 4.09. The molecule has 1 aliphatic rings. The van der Waals surface area contributed by atoms with Crippen LogP contribution in [-0.2, 0) is 14.2 Å². The van der Waals surface area contributed by atoms with Crippen LogP contribution >= 0.6 is 12.0 Å². The number of anilines is 1. The van der Waals surface area contributed by atoms with Gasteiger partial charge in [0.1, 0.15) is 0 Å². The minimum atomic E-state index is -0.659. The second kappa shape index (κ2) is 3.99. The quantitative estimate of drug-likeness (QED) is 0.339. The van der Waals surface area contributed by atoms with Gasteiger partial charge in [-0.3, -0.25) is 14.6 Å². The van der Waals surface area contributed by atoms with E-state index in [0.29, 0.717) is 22.6 Å². The Hall–Kier alpha value is -1.41.